The summed E-state index contributed by atoms with van der Waals surface area (Å²) in [4.78, 5) is 31.3. The minimum atomic E-state index is -0.681. The molecule has 1 aliphatic rings. The van der Waals surface area contributed by atoms with E-state index < -0.39 is 17.7 Å². The zero-order chi connectivity index (χ0) is 21.1. The summed E-state index contributed by atoms with van der Waals surface area (Å²) in [6.07, 6.45) is 3.81. The number of pyridine rings is 1. The van der Waals surface area contributed by atoms with Crippen molar-refractivity contribution in [3.63, 3.8) is 0 Å². The first kappa shape index (κ1) is 19.8. The second kappa shape index (κ2) is 8.47. The van der Waals surface area contributed by atoms with E-state index in [0.29, 0.717) is 25.1 Å². The van der Waals surface area contributed by atoms with Gasteiger partial charge in [0.2, 0.25) is 0 Å². The van der Waals surface area contributed by atoms with Gasteiger partial charge < -0.3 is 14.7 Å². The molecule has 1 aromatic heterocycles. The Balaban J connectivity index is 1.83. The van der Waals surface area contributed by atoms with Crippen LogP contribution in [-0.2, 0) is 14.3 Å². The van der Waals surface area contributed by atoms with Gasteiger partial charge in [-0.2, -0.15) is 0 Å². The minimum absolute atomic E-state index is 0.0962. The summed E-state index contributed by atoms with van der Waals surface area (Å²) in [6, 6.07) is 16.1. The number of hydrogen-bond donors (Lipinski definition) is 1. The fourth-order valence-electron chi connectivity index (χ4n) is 3.87. The molecule has 6 nitrogen and oxygen atoms in total. The van der Waals surface area contributed by atoms with E-state index in [0.717, 1.165) is 16.3 Å². The average Bonchev–Trinajstić information content (AvgIpc) is 3.04. The number of carbonyl (C=O) groups excluding carboxylic acids is 2. The van der Waals surface area contributed by atoms with Crippen molar-refractivity contribution in [3.05, 3.63) is 83.7 Å². The number of benzene rings is 2. The fourth-order valence-corrected chi connectivity index (χ4v) is 3.87. The molecule has 1 N–H and O–H groups in total. The van der Waals surface area contributed by atoms with Crippen LogP contribution in [0.2, 0.25) is 0 Å². The molecular formula is C24H22N2O4. The smallest absolute Gasteiger partial charge is 0.295 e. The fraction of sp³-hybridized carbons (Fsp3) is 0.208. The molecule has 0 spiro atoms. The molecule has 6 heteroatoms. The standard InChI is InChI=1S/C24H22N2O4/c1-30-14-4-13-26-21(17-9-11-25-12-10-17)20(23(28)24(26)29)22(27)19-8-7-16-5-2-3-6-18(16)15-19/h2-3,5-12,15,21,27H,4,13-14H2,1H3/b22-20-. The Morgan fingerprint density at radius 3 is 2.53 bits per heavy atom. The summed E-state index contributed by atoms with van der Waals surface area (Å²) in [5, 5.41) is 13.1. The van der Waals surface area contributed by atoms with E-state index in [-0.39, 0.29) is 11.3 Å². The van der Waals surface area contributed by atoms with Gasteiger partial charge in [0.1, 0.15) is 5.76 Å². The molecule has 0 radical (unpaired) electrons. The lowest BCUT2D eigenvalue weighted by molar-refractivity contribution is -0.140. The van der Waals surface area contributed by atoms with Crippen LogP contribution in [-0.4, -0.2) is 46.9 Å². The monoisotopic (exact) mass is 402 g/mol. The molecule has 0 saturated carbocycles. The van der Waals surface area contributed by atoms with Crippen LogP contribution < -0.4 is 0 Å². The second-order valence-corrected chi connectivity index (χ2v) is 7.18. The highest BCUT2D eigenvalue weighted by atomic mass is 16.5. The maximum absolute atomic E-state index is 13.0. The van der Waals surface area contributed by atoms with Gasteiger partial charge in [-0.25, -0.2) is 0 Å². The van der Waals surface area contributed by atoms with Crippen LogP contribution in [0.1, 0.15) is 23.6 Å². The summed E-state index contributed by atoms with van der Waals surface area (Å²) < 4.78 is 5.09. The number of ketones is 1. The van der Waals surface area contributed by atoms with Crippen LogP contribution >= 0.6 is 0 Å². The maximum atomic E-state index is 13.0. The van der Waals surface area contributed by atoms with Gasteiger partial charge in [-0.15, -0.1) is 0 Å². The number of hydrogen-bond acceptors (Lipinski definition) is 5. The van der Waals surface area contributed by atoms with Crippen molar-refractivity contribution in [3.8, 4) is 0 Å². The number of methoxy groups -OCH3 is 1. The quantitative estimate of drug-likeness (QED) is 0.294. The molecule has 3 aromatic rings. The largest absolute Gasteiger partial charge is 0.507 e. The van der Waals surface area contributed by atoms with Gasteiger partial charge in [0.05, 0.1) is 11.6 Å². The van der Waals surface area contributed by atoms with Gasteiger partial charge in [-0.3, -0.25) is 14.6 Å². The van der Waals surface area contributed by atoms with E-state index in [9.17, 15) is 14.7 Å². The normalized spacial score (nSPS) is 18.3. The predicted molar refractivity (Wildman–Crippen MR) is 114 cm³/mol. The Labute approximate surface area is 174 Å². The molecular weight excluding hydrogens is 380 g/mol. The van der Waals surface area contributed by atoms with Crippen LogP contribution in [0.5, 0.6) is 0 Å². The summed E-state index contributed by atoms with van der Waals surface area (Å²) in [5.41, 5.74) is 1.32. The molecule has 1 fully saturated rings. The van der Waals surface area contributed by atoms with Crippen LogP contribution in [0.4, 0.5) is 0 Å². The Bertz CT molecular complexity index is 1120. The average molecular weight is 402 g/mol. The summed E-state index contributed by atoms with van der Waals surface area (Å²) in [5.74, 6) is -1.47. The second-order valence-electron chi connectivity index (χ2n) is 7.18. The maximum Gasteiger partial charge on any atom is 0.295 e. The van der Waals surface area contributed by atoms with Crippen molar-refractivity contribution in [2.45, 2.75) is 12.5 Å². The number of Topliss-reactive ketones (excluding diaryl/α,β-unsaturated/α-hetero) is 1. The number of ether oxygens (including phenoxy) is 1. The van der Waals surface area contributed by atoms with Crippen molar-refractivity contribution in [1.29, 1.82) is 0 Å². The minimum Gasteiger partial charge on any atom is -0.507 e. The molecule has 2 aromatic carbocycles. The molecule has 1 unspecified atom stereocenters. The van der Waals surface area contributed by atoms with E-state index in [4.69, 9.17) is 4.74 Å². The van der Waals surface area contributed by atoms with E-state index >= 15 is 0 Å². The Morgan fingerprint density at radius 1 is 1.07 bits per heavy atom. The molecule has 1 saturated heterocycles. The number of aliphatic hydroxyl groups is 1. The molecule has 1 amide bonds. The lowest BCUT2D eigenvalue weighted by atomic mass is 9.95. The first-order valence-electron chi connectivity index (χ1n) is 9.78. The van der Waals surface area contributed by atoms with Crippen molar-refractivity contribution in [2.75, 3.05) is 20.3 Å². The molecule has 2 heterocycles. The molecule has 152 valence electrons. The third kappa shape index (κ3) is 3.57. The Kier molecular flexibility index (Phi) is 5.59. The Morgan fingerprint density at radius 2 is 1.80 bits per heavy atom. The lowest BCUT2D eigenvalue weighted by Crippen LogP contribution is -2.31. The van der Waals surface area contributed by atoms with Crippen molar-refractivity contribution in [1.82, 2.24) is 9.88 Å². The number of amides is 1. The zero-order valence-electron chi connectivity index (χ0n) is 16.6. The number of likely N-dealkylation sites (tertiary alicyclic amines) is 1. The van der Waals surface area contributed by atoms with Gasteiger partial charge in [0.25, 0.3) is 11.7 Å². The predicted octanol–water partition coefficient (Wildman–Crippen LogP) is 3.69. The van der Waals surface area contributed by atoms with Crippen LogP contribution in [0.15, 0.2) is 72.6 Å². The van der Waals surface area contributed by atoms with Gasteiger partial charge in [-0.1, -0.05) is 36.4 Å². The number of rotatable bonds is 6. The van der Waals surface area contributed by atoms with Crippen LogP contribution in [0.25, 0.3) is 16.5 Å². The van der Waals surface area contributed by atoms with Crippen LogP contribution in [0, 0.1) is 0 Å². The summed E-state index contributed by atoms with van der Waals surface area (Å²) >= 11 is 0. The van der Waals surface area contributed by atoms with Crippen molar-refractivity contribution < 1.29 is 19.4 Å². The number of fused-ring (bicyclic) bond motifs is 1. The van der Waals surface area contributed by atoms with Gasteiger partial charge in [0, 0.05) is 38.2 Å². The lowest BCUT2D eigenvalue weighted by Gasteiger charge is -2.25. The molecule has 4 rings (SSSR count). The highest BCUT2D eigenvalue weighted by Gasteiger charge is 2.45. The van der Waals surface area contributed by atoms with E-state index in [2.05, 4.69) is 4.98 Å². The van der Waals surface area contributed by atoms with Crippen molar-refractivity contribution >= 4 is 28.2 Å². The zero-order valence-corrected chi connectivity index (χ0v) is 16.6. The van der Waals surface area contributed by atoms with Gasteiger partial charge >= 0.3 is 0 Å². The SMILES string of the molecule is COCCCN1C(=O)C(=O)/C(=C(\O)c2ccc3ccccc3c2)C1c1ccncc1. The van der Waals surface area contributed by atoms with Crippen molar-refractivity contribution in [2.24, 2.45) is 0 Å². The van der Waals surface area contributed by atoms with Gasteiger partial charge in [-0.05, 0) is 41.0 Å². The summed E-state index contributed by atoms with van der Waals surface area (Å²) in [7, 11) is 1.59. The third-order valence-electron chi connectivity index (χ3n) is 5.33. The molecule has 0 aliphatic carbocycles. The highest BCUT2D eigenvalue weighted by Crippen LogP contribution is 2.39. The van der Waals surface area contributed by atoms with Gasteiger partial charge in [0.15, 0.2) is 0 Å². The van der Waals surface area contributed by atoms with E-state index in [1.807, 2.05) is 36.4 Å². The number of carbonyl (C=O) groups is 2. The molecule has 1 aliphatic heterocycles. The third-order valence-corrected chi connectivity index (χ3v) is 5.33. The molecule has 0 bridgehead atoms. The number of nitrogens with zero attached hydrogens (tertiary/aromatic N) is 2. The molecule has 1 atom stereocenters. The summed E-state index contributed by atoms with van der Waals surface area (Å²) in [6.45, 7) is 0.816. The van der Waals surface area contributed by atoms with Crippen LogP contribution in [0.3, 0.4) is 0 Å². The first-order chi connectivity index (χ1) is 14.6. The molecule has 30 heavy (non-hydrogen) atoms. The van der Waals surface area contributed by atoms with E-state index in [1.165, 1.54) is 4.90 Å². The Hall–Kier alpha value is -3.51. The highest BCUT2D eigenvalue weighted by molar-refractivity contribution is 6.46. The van der Waals surface area contributed by atoms with E-state index in [1.54, 1.807) is 37.7 Å². The number of aliphatic hydroxyl groups excluding tert-OH is 1. The number of aromatic nitrogens is 1. The topological polar surface area (TPSA) is 79.7 Å². The first-order valence-corrected chi connectivity index (χ1v) is 9.78.